The van der Waals surface area contributed by atoms with Crippen molar-refractivity contribution in [1.29, 1.82) is 0 Å². The molecule has 3 aromatic carbocycles. The van der Waals surface area contributed by atoms with Gasteiger partial charge in [-0.25, -0.2) is 0 Å². The van der Waals surface area contributed by atoms with E-state index >= 15 is 0 Å². The molecule has 0 saturated heterocycles. The average molecular weight is 530 g/mol. The van der Waals surface area contributed by atoms with Crippen LogP contribution < -0.4 is 23.7 Å². The first-order chi connectivity index (χ1) is 19.0. The van der Waals surface area contributed by atoms with Crippen molar-refractivity contribution >= 4 is 11.4 Å². The SMILES string of the molecule is COC1=CC=CC(=[O+]C)C1=C(c1ccc(-c2c(OC)cc(OC)cc2OC)cc1)c1c(OC)cccc1OC. The minimum atomic E-state index is 0.640. The lowest BCUT2D eigenvalue weighted by molar-refractivity contribution is -0.418. The van der Waals surface area contributed by atoms with Gasteiger partial charge >= 0.3 is 5.78 Å². The molecule has 39 heavy (non-hydrogen) atoms. The topological polar surface area (TPSA) is 66.7 Å². The molecule has 0 heterocycles. The second-order valence-corrected chi connectivity index (χ2v) is 8.43. The van der Waals surface area contributed by atoms with Crippen molar-refractivity contribution in [2.75, 3.05) is 49.8 Å². The van der Waals surface area contributed by atoms with Crippen molar-refractivity contribution in [1.82, 2.24) is 0 Å². The number of carbonyl (C=O) groups excluding carboxylic acids is 1. The van der Waals surface area contributed by atoms with Crippen LogP contribution in [0.2, 0.25) is 0 Å². The molecule has 0 spiro atoms. The molecule has 0 radical (unpaired) electrons. The molecule has 4 rings (SSSR count). The molecular weight excluding hydrogens is 496 g/mol. The van der Waals surface area contributed by atoms with Crippen LogP contribution in [-0.4, -0.2) is 55.6 Å². The maximum atomic E-state index is 5.81. The predicted molar refractivity (Wildman–Crippen MR) is 152 cm³/mol. The highest BCUT2D eigenvalue weighted by atomic mass is 16.5. The third-order valence-corrected chi connectivity index (χ3v) is 6.53. The molecular formula is C32H33O7+. The lowest BCUT2D eigenvalue weighted by atomic mass is 9.86. The Bertz CT molecular complexity index is 1410. The fraction of sp³-hybridized carbons (Fsp3) is 0.219. The van der Waals surface area contributed by atoms with E-state index < -0.39 is 0 Å². The Balaban J connectivity index is 2.01. The molecule has 0 aliphatic heterocycles. The summed E-state index contributed by atoms with van der Waals surface area (Å²) < 4.78 is 40.0. The van der Waals surface area contributed by atoms with E-state index in [9.17, 15) is 0 Å². The number of benzene rings is 3. The number of ketones is 1. The molecule has 0 saturated carbocycles. The van der Waals surface area contributed by atoms with Gasteiger partial charge in [-0.05, 0) is 35.4 Å². The zero-order valence-corrected chi connectivity index (χ0v) is 23.3. The second kappa shape index (κ2) is 12.3. The highest BCUT2D eigenvalue weighted by Gasteiger charge is 2.31. The molecule has 0 N–H and O–H groups in total. The van der Waals surface area contributed by atoms with Gasteiger partial charge in [-0.1, -0.05) is 30.3 Å². The van der Waals surface area contributed by atoms with Crippen LogP contribution in [0.3, 0.4) is 0 Å². The number of ether oxygens (including phenoxy) is 6. The van der Waals surface area contributed by atoms with Crippen molar-refractivity contribution in [3.8, 4) is 39.9 Å². The van der Waals surface area contributed by atoms with E-state index in [0.29, 0.717) is 40.3 Å². The maximum Gasteiger partial charge on any atom is 0.354 e. The van der Waals surface area contributed by atoms with Crippen LogP contribution in [0.4, 0.5) is 0 Å². The first-order valence-corrected chi connectivity index (χ1v) is 12.3. The van der Waals surface area contributed by atoms with Crippen LogP contribution >= 0.6 is 0 Å². The minimum Gasteiger partial charge on any atom is -0.496 e. The summed E-state index contributed by atoms with van der Waals surface area (Å²) in [5.74, 6) is 4.53. The van der Waals surface area contributed by atoms with Crippen LogP contribution in [0.5, 0.6) is 28.7 Å². The number of hydrogen-bond acceptors (Lipinski definition) is 6. The van der Waals surface area contributed by atoms with Gasteiger partial charge in [0.2, 0.25) is 0 Å². The van der Waals surface area contributed by atoms with Crippen LogP contribution in [0.15, 0.2) is 84.2 Å². The first-order valence-electron chi connectivity index (χ1n) is 12.3. The van der Waals surface area contributed by atoms with Crippen molar-refractivity contribution in [2.24, 2.45) is 0 Å². The minimum absolute atomic E-state index is 0.640. The van der Waals surface area contributed by atoms with E-state index in [1.165, 1.54) is 0 Å². The smallest absolute Gasteiger partial charge is 0.354 e. The maximum absolute atomic E-state index is 5.81. The van der Waals surface area contributed by atoms with E-state index in [1.807, 2.05) is 72.8 Å². The normalized spacial score (nSPS) is 14.9. The van der Waals surface area contributed by atoms with Gasteiger partial charge in [-0.15, -0.1) is 0 Å². The Labute approximate surface area is 229 Å². The van der Waals surface area contributed by atoms with Crippen LogP contribution in [0.25, 0.3) is 16.7 Å². The highest BCUT2D eigenvalue weighted by molar-refractivity contribution is 6.16. The largest absolute Gasteiger partial charge is 0.496 e. The summed E-state index contributed by atoms with van der Waals surface area (Å²) in [6.45, 7) is 0. The van der Waals surface area contributed by atoms with Gasteiger partial charge in [0, 0.05) is 23.8 Å². The van der Waals surface area contributed by atoms with Gasteiger partial charge in [-0.2, -0.15) is 0 Å². The molecule has 0 bridgehead atoms. The van der Waals surface area contributed by atoms with Crippen molar-refractivity contribution < 1.29 is 32.8 Å². The summed E-state index contributed by atoms with van der Waals surface area (Å²) in [6.07, 6.45) is 5.70. The summed E-state index contributed by atoms with van der Waals surface area (Å²) in [5, 5.41) is 0. The quantitative estimate of drug-likeness (QED) is 0.249. The standard InChI is InChI=1S/C32H33O7/c1-33-22-18-27(38-6)29(28(19-22)39-7)20-14-16-21(17-15-20)30(31-23(34-2)10-8-11-24(31)35-3)32-25(36-4)12-9-13-26(32)37-5/h8-19H,1-7H3/q+1. The molecule has 202 valence electrons. The monoisotopic (exact) mass is 529 g/mol. The Morgan fingerprint density at radius 2 is 1.26 bits per heavy atom. The second-order valence-electron chi connectivity index (χ2n) is 8.43. The zero-order chi connectivity index (χ0) is 27.9. The van der Waals surface area contributed by atoms with Crippen molar-refractivity contribution in [3.05, 3.63) is 95.3 Å². The summed E-state index contributed by atoms with van der Waals surface area (Å²) >= 11 is 0. The van der Waals surface area contributed by atoms with E-state index in [1.54, 1.807) is 49.8 Å². The van der Waals surface area contributed by atoms with Gasteiger partial charge < -0.3 is 28.4 Å². The molecule has 3 aromatic rings. The van der Waals surface area contributed by atoms with Gasteiger partial charge in [0.1, 0.15) is 40.1 Å². The van der Waals surface area contributed by atoms with Crippen LogP contribution in [0.1, 0.15) is 11.1 Å². The molecule has 0 amide bonds. The lowest BCUT2D eigenvalue weighted by Crippen LogP contribution is -2.13. The Morgan fingerprint density at radius 3 is 1.74 bits per heavy atom. The van der Waals surface area contributed by atoms with E-state index in [2.05, 4.69) is 0 Å². The van der Waals surface area contributed by atoms with Crippen LogP contribution in [0, 0.1) is 0 Å². The highest BCUT2D eigenvalue weighted by Crippen LogP contribution is 2.45. The van der Waals surface area contributed by atoms with Gasteiger partial charge in [-0.3, -0.25) is 4.42 Å². The third-order valence-electron chi connectivity index (χ3n) is 6.53. The Morgan fingerprint density at radius 1 is 0.667 bits per heavy atom. The summed E-state index contributed by atoms with van der Waals surface area (Å²) in [5.41, 5.74) is 5.01. The summed E-state index contributed by atoms with van der Waals surface area (Å²) in [6, 6.07) is 17.5. The lowest BCUT2D eigenvalue weighted by Gasteiger charge is -2.21. The predicted octanol–water partition coefficient (Wildman–Crippen LogP) is 6.03. The Kier molecular flexibility index (Phi) is 8.61. The van der Waals surface area contributed by atoms with E-state index in [-0.39, 0.29) is 0 Å². The zero-order valence-electron chi connectivity index (χ0n) is 23.3. The van der Waals surface area contributed by atoms with Gasteiger partial charge in [0.15, 0.2) is 0 Å². The summed E-state index contributed by atoms with van der Waals surface area (Å²) in [4.78, 5) is 0. The molecule has 7 heteroatoms. The first kappa shape index (κ1) is 27.4. The summed E-state index contributed by atoms with van der Waals surface area (Å²) in [7, 11) is 11.4. The van der Waals surface area contributed by atoms with Crippen molar-refractivity contribution in [3.63, 3.8) is 0 Å². The fourth-order valence-corrected chi connectivity index (χ4v) is 4.70. The van der Waals surface area contributed by atoms with E-state index in [0.717, 1.165) is 33.4 Å². The number of allylic oxidation sites excluding steroid dienone is 4. The molecule has 0 unspecified atom stereocenters. The average Bonchev–Trinajstić information content (AvgIpc) is 3.00. The van der Waals surface area contributed by atoms with Crippen LogP contribution in [-0.2, 0) is 9.16 Å². The van der Waals surface area contributed by atoms with Crippen molar-refractivity contribution in [2.45, 2.75) is 0 Å². The number of methoxy groups -OCH3 is 6. The third kappa shape index (κ3) is 5.21. The fourth-order valence-electron chi connectivity index (χ4n) is 4.70. The molecule has 1 aliphatic rings. The van der Waals surface area contributed by atoms with Gasteiger partial charge in [0.25, 0.3) is 7.11 Å². The van der Waals surface area contributed by atoms with Gasteiger partial charge in [0.05, 0.1) is 53.8 Å². The molecule has 0 fully saturated rings. The molecule has 7 nitrogen and oxygen atoms in total. The van der Waals surface area contributed by atoms with E-state index in [4.69, 9.17) is 32.8 Å². The number of rotatable bonds is 9. The Hall–Kier alpha value is -4.65. The molecule has 1 aliphatic carbocycles. The molecule has 0 atom stereocenters. The molecule has 0 aromatic heterocycles. The number of hydrogen-bond donors (Lipinski definition) is 0.